The Morgan fingerprint density at radius 1 is 0.185 bits per heavy atom. The van der Waals surface area contributed by atoms with E-state index < -0.39 is 16.1 Å². The summed E-state index contributed by atoms with van der Waals surface area (Å²) in [7, 11) is -5.46. The molecule has 0 radical (unpaired) electrons. The van der Waals surface area contributed by atoms with Crippen molar-refractivity contribution in [3.63, 3.8) is 0 Å². The average Bonchev–Trinajstić information content (AvgIpc) is 4.24. The molecular weight excluding hydrogens is 1010 g/mol. The number of hydrogen-bond acceptors (Lipinski definition) is 1. The molecule has 0 aromatic heterocycles. The normalized spacial score (nSPS) is 13.1. The molecule has 0 saturated carbocycles. The predicted molar refractivity (Wildman–Crippen MR) is 348 cm³/mol. The fourth-order valence-electron chi connectivity index (χ4n) is 13.8. The Labute approximate surface area is 477 Å². The molecule has 0 N–H and O–H groups in total. The van der Waals surface area contributed by atoms with Gasteiger partial charge in [-0.2, -0.15) is 0 Å². The second-order valence-electron chi connectivity index (χ2n) is 21.4. The van der Waals surface area contributed by atoms with Crippen LogP contribution in [0.5, 0.6) is 0 Å². The molecule has 2 aliphatic heterocycles. The maximum absolute atomic E-state index is 2.73. The van der Waals surface area contributed by atoms with Crippen LogP contribution in [-0.4, -0.2) is 16.1 Å². The van der Waals surface area contributed by atoms with Crippen LogP contribution >= 0.6 is 0 Å². The molecule has 0 fully saturated rings. The van der Waals surface area contributed by atoms with Crippen molar-refractivity contribution in [1.29, 1.82) is 0 Å². The highest BCUT2D eigenvalue weighted by Crippen LogP contribution is 2.49. The van der Waals surface area contributed by atoms with Gasteiger partial charge in [0, 0.05) is 22.5 Å². The van der Waals surface area contributed by atoms with E-state index in [2.05, 4.69) is 339 Å². The maximum Gasteiger partial charge on any atom is 0.180 e. The molecule has 81 heavy (non-hydrogen) atoms. The topological polar surface area (TPSA) is 3.24 Å². The van der Waals surface area contributed by atoms with Crippen molar-refractivity contribution in [1.82, 2.24) is 0 Å². The molecule has 0 spiro atoms. The number of hydrogen-bond donors (Lipinski definition) is 0. The largest absolute Gasteiger partial charge is 0.309 e. The molecule has 0 bridgehead atoms. The van der Waals surface area contributed by atoms with Crippen molar-refractivity contribution in [3.8, 4) is 66.8 Å². The summed E-state index contributed by atoms with van der Waals surface area (Å²) in [6, 6.07) is 125. The SMILES string of the molecule is c1ccc(-c2ccc(N(c3ccc(-c4ccccc4)cc3)c3c(-c4ccc5c(c4)-c4ccccc4[Si]5(c4ccccc4)c4ccccc4)cccc3-c3ccc4c(c3)-c3ccccc3[Si]4(c3ccccc3)c3ccccc3)cc2)cc1. The van der Waals surface area contributed by atoms with Crippen LogP contribution in [0, 0.1) is 0 Å². The van der Waals surface area contributed by atoms with Crippen LogP contribution in [0.3, 0.4) is 0 Å². The van der Waals surface area contributed by atoms with Crippen molar-refractivity contribution >= 4 is 74.7 Å². The Balaban J connectivity index is 0.998. The highest BCUT2D eigenvalue weighted by atomic mass is 28.3. The fraction of sp³-hybridized carbons (Fsp3) is 0. The first-order valence-electron chi connectivity index (χ1n) is 28.2. The summed E-state index contributed by atoms with van der Waals surface area (Å²) < 4.78 is 0. The number of rotatable bonds is 11. The lowest BCUT2D eigenvalue weighted by Crippen LogP contribution is -2.72. The summed E-state index contributed by atoms with van der Waals surface area (Å²) in [5.41, 5.74) is 17.9. The minimum absolute atomic E-state index is 1.08. The third-order valence-corrected chi connectivity index (χ3v) is 27.0. The van der Waals surface area contributed by atoms with Gasteiger partial charge >= 0.3 is 0 Å². The van der Waals surface area contributed by atoms with Gasteiger partial charge in [0.1, 0.15) is 0 Å². The van der Waals surface area contributed by atoms with Crippen molar-refractivity contribution in [2.75, 3.05) is 4.90 Å². The van der Waals surface area contributed by atoms with Crippen LogP contribution in [-0.2, 0) is 0 Å². The zero-order chi connectivity index (χ0) is 53.7. The fourth-order valence-corrected chi connectivity index (χ4v) is 24.1. The molecule has 2 heterocycles. The number of para-hydroxylation sites is 1. The summed E-state index contributed by atoms with van der Waals surface area (Å²) in [6.07, 6.45) is 0. The molecule has 0 amide bonds. The number of fused-ring (bicyclic) bond motifs is 6. The van der Waals surface area contributed by atoms with Crippen molar-refractivity contribution in [3.05, 3.63) is 334 Å². The second-order valence-corrected chi connectivity index (χ2v) is 28.9. The van der Waals surface area contributed by atoms with E-state index in [1.807, 2.05) is 0 Å². The summed E-state index contributed by atoms with van der Waals surface area (Å²) in [5.74, 6) is 0. The lowest BCUT2D eigenvalue weighted by molar-refractivity contribution is 1.28. The van der Waals surface area contributed by atoms with E-state index in [4.69, 9.17) is 0 Å². The monoisotopic (exact) mass is 1060 g/mol. The molecule has 380 valence electrons. The molecule has 13 aromatic rings. The highest BCUT2D eigenvalue weighted by molar-refractivity contribution is 7.23. The minimum Gasteiger partial charge on any atom is -0.309 e. The van der Waals surface area contributed by atoms with E-state index in [0.717, 1.165) is 28.2 Å². The van der Waals surface area contributed by atoms with E-state index in [-0.39, 0.29) is 0 Å². The van der Waals surface area contributed by atoms with Gasteiger partial charge in [-0.15, -0.1) is 0 Å². The Bertz CT molecular complexity index is 4050. The van der Waals surface area contributed by atoms with Gasteiger partial charge in [-0.3, -0.25) is 0 Å². The summed E-state index contributed by atoms with van der Waals surface area (Å²) in [6.45, 7) is 0. The molecule has 15 rings (SSSR count). The lowest BCUT2D eigenvalue weighted by Gasteiger charge is -2.32. The van der Waals surface area contributed by atoms with E-state index in [1.54, 1.807) is 0 Å². The molecule has 3 heteroatoms. The third kappa shape index (κ3) is 7.80. The van der Waals surface area contributed by atoms with Gasteiger partial charge in [0.2, 0.25) is 0 Å². The number of benzene rings is 13. The zero-order valence-corrected chi connectivity index (χ0v) is 46.7. The Kier molecular flexibility index (Phi) is 12.0. The zero-order valence-electron chi connectivity index (χ0n) is 44.7. The highest BCUT2D eigenvalue weighted by Gasteiger charge is 2.50. The quantitative estimate of drug-likeness (QED) is 0.117. The van der Waals surface area contributed by atoms with Gasteiger partial charge in [-0.05, 0) is 134 Å². The number of anilines is 3. The molecule has 1 nitrogen and oxygen atoms in total. The average molecular weight is 1060 g/mol. The number of nitrogens with zero attached hydrogens (tertiary/aromatic N) is 1. The van der Waals surface area contributed by atoms with E-state index >= 15 is 0 Å². The van der Waals surface area contributed by atoms with Crippen molar-refractivity contribution in [2.24, 2.45) is 0 Å². The van der Waals surface area contributed by atoms with Gasteiger partial charge in [-0.25, -0.2) is 0 Å². The first-order valence-corrected chi connectivity index (χ1v) is 32.2. The van der Waals surface area contributed by atoms with Crippen molar-refractivity contribution < 1.29 is 0 Å². The molecule has 0 unspecified atom stereocenters. The van der Waals surface area contributed by atoms with Gasteiger partial charge in [0.25, 0.3) is 0 Å². The van der Waals surface area contributed by atoms with Gasteiger partial charge < -0.3 is 4.90 Å². The standard InChI is InChI=1S/C78H55NSi2/c1-7-24-56(25-8-1)58-42-48-62(49-43-58)79(63-50-44-59(45-51-63)57-26-9-2-10-27-57)78-68(60-46-52-76-72(54-60)70-36-19-21-40-74(70)80(76,64-28-11-3-12-29-64)65-30-13-4-14-31-65)38-23-39-69(78)61-47-53-77-73(55-61)71-37-20-22-41-75(71)81(77,66-32-15-5-16-33-66)67-34-17-6-18-35-67/h1-55H. The first-order chi connectivity index (χ1) is 40.2. The molecule has 0 aliphatic carbocycles. The van der Waals surface area contributed by atoms with Gasteiger partial charge in [0.05, 0.1) is 5.69 Å². The van der Waals surface area contributed by atoms with Gasteiger partial charge in [-0.1, -0.05) is 297 Å². The summed E-state index contributed by atoms with van der Waals surface area (Å²) >= 11 is 0. The maximum atomic E-state index is 2.52. The molecule has 0 atom stereocenters. The van der Waals surface area contributed by atoms with Crippen LogP contribution in [0.15, 0.2) is 334 Å². The van der Waals surface area contributed by atoms with E-state index in [0.29, 0.717) is 0 Å². The van der Waals surface area contributed by atoms with Crippen LogP contribution in [0.1, 0.15) is 0 Å². The van der Waals surface area contributed by atoms with Crippen molar-refractivity contribution in [2.45, 2.75) is 0 Å². The van der Waals surface area contributed by atoms with Crippen LogP contribution in [0.4, 0.5) is 17.1 Å². The smallest absolute Gasteiger partial charge is 0.180 e. The first kappa shape index (κ1) is 48.2. The molecule has 13 aromatic carbocycles. The molecule has 0 saturated heterocycles. The lowest BCUT2D eigenvalue weighted by atomic mass is 9.91. The van der Waals surface area contributed by atoms with E-state index in [1.165, 1.54) is 97.1 Å². The Hall–Kier alpha value is -9.91. The predicted octanol–water partition coefficient (Wildman–Crippen LogP) is 14.5. The second kappa shape index (κ2) is 20.1. The minimum atomic E-state index is -2.73. The Morgan fingerprint density at radius 2 is 0.457 bits per heavy atom. The van der Waals surface area contributed by atoms with Crippen LogP contribution < -0.4 is 46.4 Å². The summed E-state index contributed by atoms with van der Waals surface area (Å²) in [4.78, 5) is 2.52. The molecule has 2 aliphatic rings. The van der Waals surface area contributed by atoms with Crippen LogP contribution in [0.2, 0.25) is 0 Å². The van der Waals surface area contributed by atoms with E-state index in [9.17, 15) is 0 Å². The van der Waals surface area contributed by atoms with Gasteiger partial charge in [0.15, 0.2) is 16.1 Å². The Morgan fingerprint density at radius 3 is 0.815 bits per heavy atom. The molecular formula is C78H55NSi2. The third-order valence-electron chi connectivity index (χ3n) is 17.3. The summed E-state index contributed by atoms with van der Waals surface area (Å²) in [5, 5.41) is 11.3. The van der Waals surface area contributed by atoms with Crippen LogP contribution in [0.25, 0.3) is 66.8 Å².